The number of alkyl halides is 3. The lowest BCUT2D eigenvalue weighted by Gasteiger charge is -2.31. The number of carbonyl (C=O) groups is 1. The minimum atomic E-state index is -4.68. The second-order valence-corrected chi connectivity index (χ2v) is 5.02. The Morgan fingerprint density at radius 1 is 1.35 bits per heavy atom. The van der Waals surface area contributed by atoms with Crippen molar-refractivity contribution in [3.8, 4) is 0 Å². The third-order valence-corrected chi connectivity index (χ3v) is 3.48. The Labute approximate surface area is 133 Å². The van der Waals surface area contributed by atoms with Crippen LogP contribution in [-0.2, 0) is 10.2 Å². The van der Waals surface area contributed by atoms with E-state index in [0.717, 1.165) is 12.8 Å². The quantitative estimate of drug-likeness (QED) is 0.586. The van der Waals surface area contributed by atoms with E-state index in [0.29, 0.717) is 11.8 Å². The van der Waals surface area contributed by atoms with Gasteiger partial charge in [-0.3, -0.25) is 5.32 Å². The highest BCUT2D eigenvalue weighted by molar-refractivity contribution is 5.84. The molecule has 1 amide bonds. The van der Waals surface area contributed by atoms with E-state index in [9.17, 15) is 23.1 Å². The van der Waals surface area contributed by atoms with Gasteiger partial charge in [0, 0.05) is 5.69 Å². The molecular formula is C16H20F3NO3. The molecule has 2 N–H and O–H groups in total. The number of amides is 1. The van der Waals surface area contributed by atoms with Gasteiger partial charge in [0.25, 0.3) is 0 Å². The van der Waals surface area contributed by atoms with Gasteiger partial charge in [-0.2, -0.15) is 13.2 Å². The number of hydrogen-bond acceptors (Lipinski definition) is 3. The van der Waals surface area contributed by atoms with Crippen LogP contribution in [0.1, 0.15) is 25.3 Å². The number of rotatable bonds is 7. The van der Waals surface area contributed by atoms with Crippen LogP contribution in [0.2, 0.25) is 0 Å². The van der Waals surface area contributed by atoms with E-state index in [1.54, 1.807) is 0 Å². The summed E-state index contributed by atoms with van der Waals surface area (Å²) in [6, 6.07) is 5.01. The summed E-state index contributed by atoms with van der Waals surface area (Å²) in [6.45, 7) is 4.27. The third-order valence-electron chi connectivity index (χ3n) is 3.48. The Morgan fingerprint density at radius 2 is 1.96 bits per heavy atom. The molecule has 1 aromatic rings. The average Bonchev–Trinajstić information content (AvgIpc) is 2.49. The fourth-order valence-electron chi connectivity index (χ4n) is 1.96. The zero-order chi connectivity index (χ0) is 17.5. The minimum Gasteiger partial charge on any atom is -0.449 e. The van der Waals surface area contributed by atoms with Crippen molar-refractivity contribution in [3.05, 3.63) is 42.5 Å². The molecule has 0 bridgehead atoms. The predicted molar refractivity (Wildman–Crippen MR) is 81.3 cm³/mol. The van der Waals surface area contributed by atoms with Gasteiger partial charge >= 0.3 is 12.3 Å². The number of halogens is 3. The minimum absolute atomic E-state index is 0.160. The summed E-state index contributed by atoms with van der Waals surface area (Å²) >= 11 is 0. The number of aliphatic hydroxyl groups excluding tert-OH is 1. The van der Waals surface area contributed by atoms with Gasteiger partial charge in [-0.25, -0.2) is 4.79 Å². The molecule has 0 spiro atoms. The lowest BCUT2D eigenvalue weighted by Crippen LogP contribution is -2.43. The molecule has 1 rings (SSSR count). The SMILES string of the molecule is C=CC(CO)(c1ccc(NC(=O)OCCCC)cc1)C(F)(F)F. The molecule has 0 saturated heterocycles. The molecule has 1 atom stereocenters. The molecule has 1 aromatic carbocycles. The molecule has 23 heavy (non-hydrogen) atoms. The molecule has 128 valence electrons. The molecule has 0 aromatic heterocycles. The van der Waals surface area contributed by atoms with Gasteiger partial charge in [0.15, 0.2) is 0 Å². The van der Waals surface area contributed by atoms with E-state index in [2.05, 4.69) is 11.9 Å². The van der Waals surface area contributed by atoms with Gasteiger partial charge in [0.1, 0.15) is 5.41 Å². The van der Waals surface area contributed by atoms with E-state index in [1.165, 1.54) is 24.3 Å². The highest BCUT2D eigenvalue weighted by atomic mass is 19.4. The smallest absolute Gasteiger partial charge is 0.411 e. The molecule has 0 saturated carbocycles. The lowest BCUT2D eigenvalue weighted by molar-refractivity contribution is -0.185. The number of ether oxygens (including phenoxy) is 1. The molecule has 7 heteroatoms. The van der Waals surface area contributed by atoms with Gasteiger partial charge in [-0.1, -0.05) is 31.6 Å². The summed E-state index contributed by atoms with van der Waals surface area (Å²) in [5.41, 5.74) is -2.39. The number of aliphatic hydroxyl groups is 1. The van der Waals surface area contributed by atoms with Crippen LogP contribution in [0.5, 0.6) is 0 Å². The zero-order valence-corrected chi connectivity index (χ0v) is 12.8. The van der Waals surface area contributed by atoms with Crippen LogP contribution in [-0.4, -0.2) is 30.6 Å². The number of anilines is 1. The van der Waals surface area contributed by atoms with Crippen LogP contribution in [0, 0.1) is 0 Å². The van der Waals surface area contributed by atoms with Gasteiger partial charge in [-0.15, -0.1) is 6.58 Å². The number of benzene rings is 1. The highest BCUT2D eigenvalue weighted by Crippen LogP contribution is 2.42. The predicted octanol–water partition coefficient (Wildman–Crippen LogP) is 4.01. The standard InChI is InChI=1S/C16H20F3NO3/c1-3-5-10-23-14(22)20-13-8-6-12(7-9-13)15(4-2,11-21)16(17,18)19/h4,6-9,21H,2-3,5,10-11H2,1H3,(H,20,22). The monoisotopic (exact) mass is 331 g/mol. The second-order valence-electron chi connectivity index (χ2n) is 5.02. The molecule has 0 aliphatic carbocycles. The van der Waals surface area contributed by atoms with Crippen LogP contribution in [0.3, 0.4) is 0 Å². The normalized spacial score (nSPS) is 14.0. The van der Waals surface area contributed by atoms with E-state index in [-0.39, 0.29) is 12.2 Å². The Morgan fingerprint density at radius 3 is 2.39 bits per heavy atom. The number of unbranched alkanes of at least 4 members (excludes halogenated alkanes) is 1. The summed E-state index contributed by atoms with van der Waals surface area (Å²) in [4.78, 5) is 11.5. The van der Waals surface area contributed by atoms with E-state index in [4.69, 9.17) is 4.74 Å². The molecule has 1 unspecified atom stereocenters. The molecular weight excluding hydrogens is 311 g/mol. The van der Waals surface area contributed by atoms with Crippen molar-refractivity contribution in [1.29, 1.82) is 0 Å². The maximum absolute atomic E-state index is 13.2. The van der Waals surface area contributed by atoms with Crippen LogP contribution in [0.15, 0.2) is 36.9 Å². The number of nitrogens with one attached hydrogen (secondary N) is 1. The molecule has 0 radical (unpaired) electrons. The average molecular weight is 331 g/mol. The Bertz CT molecular complexity index is 528. The van der Waals surface area contributed by atoms with Crippen molar-refractivity contribution >= 4 is 11.8 Å². The fraction of sp³-hybridized carbons (Fsp3) is 0.438. The lowest BCUT2D eigenvalue weighted by atomic mass is 9.80. The zero-order valence-electron chi connectivity index (χ0n) is 12.8. The highest BCUT2D eigenvalue weighted by Gasteiger charge is 2.53. The summed E-state index contributed by atoms with van der Waals surface area (Å²) in [5.74, 6) is 0. The number of hydrogen-bond donors (Lipinski definition) is 2. The molecule has 4 nitrogen and oxygen atoms in total. The van der Waals surface area contributed by atoms with Crippen molar-refractivity contribution in [1.82, 2.24) is 0 Å². The maximum Gasteiger partial charge on any atom is 0.411 e. The van der Waals surface area contributed by atoms with Gasteiger partial charge in [0.05, 0.1) is 13.2 Å². The largest absolute Gasteiger partial charge is 0.449 e. The van der Waals surface area contributed by atoms with Gasteiger partial charge in [0.2, 0.25) is 0 Å². The first-order valence-corrected chi connectivity index (χ1v) is 7.16. The van der Waals surface area contributed by atoms with Crippen molar-refractivity contribution in [2.45, 2.75) is 31.4 Å². The van der Waals surface area contributed by atoms with Crippen LogP contribution in [0.25, 0.3) is 0 Å². The fourth-order valence-corrected chi connectivity index (χ4v) is 1.96. The Hall–Kier alpha value is -2.02. The van der Waals surface area contributed by atoms with Gasteiger partial charge < -0.3 is 9.84 Å². The summed E-state index contributed by atoms with van der Waals surface area (Å²) < 4.78 is 44.6. The second kappa shape index (κ2) is 8.01. The topological polar surface area (TPSA) is 58.6 Å². The molecule has 0 heterocycles. The molecule has 0 fully saturated rings. The van der Waals surface area contributed by atoms with Crippen LogP contribution in [0.4, 0.5) is 23.7 Å². The summed E-state index contributed by atoms with van der Waals surface area (Å²) in [6.07, 6.45) is -3.06. The first-order valence-electron chi connectivity index (χ1n) is 7.16. The van der Waals surface area contributed by atoms with Gasteiger partial charge in [-0.05, 0) is 24.1 Å². The van der Waals surface area contributed by atoms with E-state index in [1.807, 2.05) is 6.92 Å². The summed E-state index contributed by atoms with van der Waals surface area (Å²) in [5, 5.41) is 11.6. The van der Waals surface area contributed by atoms with Crippen molar-refractivity contribution in [2.24, 2.45) is 0 Å². The van der Waals surface area contributed by atoms with Crippen molar-refractivity contribution < 1.29 is 27.8 Å². The van der Waals surface area contributed by atoms with Crippen molar-refractivity contribution in [3.63, 3.8) is 0 Å². The Kier molecular flexibility index (Phi) is 6.62. The van der Waals surface area contributed by atoms with Crippen LogP contribution >= 0.6 is 0 Å². The van der Waals surface area contributed by atoms with E-state index >= 15 is 0 Å². The Balaban J connectivity index is 2.87. The maximum atomic E-state index is 13.2. The first kappa shape index (κ1) is 19.0. The number of carbonyl (C=O) groups excluding carboxylic acids is 1. The van der Waals surface area contributed by atoms with E-state index < -0.39 is 24.3 Å². The first-order chi connectivity index (χ1) is 10.8. The van der Waals surface area contributed by atoms with Crippen molar-refractivity contribution in [2.75, 3.05) is 18.5 Å². The molecule has 0 aliphatic rings. The van der Waals surface area contributed by atoms with Crippen LogP contribution < -0.4 is 5.32 Å². The third kappa shape index (κ3) is 4.48. The summed E-state index contributed by atoms with van der Waals surface area (Å²) in [7, 11) is 0. The molecule has 0 aliphatic heterocycles.